The fourth-order valence-electron chi connectivity index (χ4n) is 3.31. The second-order valence-electron chi connectivity index (χ2n) is 7.88. The first-order valence-corrected chi connectivity index (χ1v) is 10.9. The van der Waals surface area contributed by atoms with Gasteiger partial charge >= 0.3 is 0 Å². The molecular formula is C24H25N7O4. The molecule has 2 aliphatic heterocycles. The topological polar surface area (TPSA) is 153 Å². The number of amides is 2. The molecule has 1 unspecified atom stereocenters. The molecule has 4 bridgehead atoms. The van der Waals surface area contributed by atoms with Gasteiger partial charge in [-0.25, -0.2) is 15.0 Å². The van der Waals surface area contributed by atoms with Gasteiger partial charge in [-0.05, 0) is 61.9 Å². The molecular weight excluding hydrogens is 450 g/mol. The summed E-state index contributed by atoms with van der Waals surface area (Å²) in [5, 5.41) is 3.19. The first-order valence-electron chi connectivity index (χ1n) is 10.9. The van der Waals surface area contributed by atoms with Crippen molar-refractivity contribution in [1.29, 1.82) is 0 Å². The number of amidine groups is 1. The van der Waals surface area contributed by atoms with Gasteiger partial charge in [-0.15, -0.1) is 0 Å². The van der Waals surface area contributed by atoms with Gasteiger partial charge in [-0.2, -0.15) is 0 Å². The Bertz CT molecular complexity index is 1230. The Morgan fingerprint density at radius 3 is 2.66 bits per heavy atom. The van der Waals surface area contributed by atoms with Crippen molar-refractivity contribution in [3.8, 4) is 11.5 Å². The molecule has 0 spiro atoms. The summed E-state index contributed by atoms with van der Waals surface area (Å²) in [4.78, 5) is 37.5. The van der Waals surface area contributed by atoms with Crippen LogP contribution in [-0.4, -0.2) is 40.5 Å². The van der Waals surface area contributed by atoms with E-state index in [0.717, 1.165) is 0 Å². The van der Waals surface area contributed by atoms with Crippen molar-refractivity contribution >= 4 is 23.3 Å². The maximum absolute atomic E-state index is 13.2. The highest BCUT2D eigenvalue weighted by molar-refractivity contribution is 5.98. The van der Waals surface area contributed by atoms with Gasteiger partial charge in [0.15, 0.2) is 18.2 Å². The number of aliphatic imine (C=N–C) groups is 1. The lowest BCUT2D eigenvalue weighted by atomic mass is 10.0. The smallest absolute Gasteiger partial charge is 0.288 e. The molecule has 3 heterocycles. The zero-order valence-electron chi connectivity index (χ0n) is 19.2. The van der Waals surface area contributed by atoms with Crippen molar-refractivity contribution in [2.45, 2.75) is 26.0 Å². The summed E-state index contributed by atoms with van der Waals surface area (Å²) in [5.41, 5.74) is 13.0. The highest BCUT2D eigenvalue weighted by atomic mass is 16.5. The summed E-state index contributed by atoms with van der Waals surface area (Å²) in [7, 11) is 0. The monoisotopic (exact) mass is 475 g/mol. The Kier molecular flexibility index (Phi) is 7.05. The second kappa shape index (κ2) is 10.5. The molecule has 0 aliphatic carbocycles. The van der Waals surface area contributed by atoms with Gasteiger partial charge in [0.05, 0.1) is 6.10 Å². The minimum Gasteiger partial charge on any atom is -0.487 e. The van der Waals surface area contributed by atoms with E-state index in [2.05, 4.69) is 31.1 Å². The van der Waals surface area contributed by atoms with Crippen LogP contribution in [0, 0.1) is 0 Å². The van der Waals surface area contributed by atoms with Gasteiger partial charge < -0.3 is 20.5 Å². The first kappa shape index (κ1) is 23.5. The summed E-state index contributed by atoms with van der Waals surface area (Å²) in [6.07, 6.45) is 2.59. The number of benzene rings is 2. The Hall–Kier alpha value is -4.67. The average molecular weight is 476 g/mol. The maximum Gasteiger partial charge on any atom is 0.288 e. The van der Waals surface area contributed by atoms with E-state index in [4.69, 9.17) is 15.2 Å². The highest BCUT2D eigenvalue weighted by Crippen LogP contribution is 2.33. The molecule has 11 heteroatoms. The van der Waals surface area contributed by atoms with E-state index >= 15 is 0 Å². The summed E-state index contributed by atoms with van der Waals surface area (Å²) in [6, 6.07) is 12.9. The summed E-state index contributed by atoms with van der Waals surface area (Å²) in [5.74, 6) is 0.140. The number of hydrogen-bond acceptors (Lipinski definition) is 9. The molecule has 0 saturated carbocycles. The van der Waals surface area contributed by atoms with E-state index in [1.54, 1.807) is 42.5 Å². The van der Waals surface area contributed by atoms with Crippen LogP contribution >= 0.6 is 0 Å². The average Bonchev–Trinajstić information content (AvgIpc) is 2.88. The van der Waals surface area contributed by atoms with E-state index in [9.17, 15) is 9.59 Å². The number of hydrogen-bond donors (Lipinski definition) is 4. The van der Waals surface area contributed by atoms with Crippen LogP contribution in [0.15, 0.2) is 66.0 Å². The Balaban J connectivity index is 1.65. The molecule has 2 aromatic carbocycles. The predicted octanol–water partition coefficient (Wildman–Crippen LogP) is 1.93. The quantitative estimate of drug-likeness (QED) is 0.418. The minimum atomic E-state index is -0.888. The number of nitrogens with two attached hydrogens (primary N) is 1. The predicted molar refractivity (Wildman–Crippen MR) is 129 cm³/mol. The maximum atomic E-state index is 13.2. The van der Waals surface area contributed by atoms with Crippen molar-refractivity contribution in [1.82, 2.24) is 20.8 Å². The molecule has 11 nitrogen and oxygen atoms in total. The number of rotatable bonds is 4. The van der Waals surface area contributed by atoms with E-state index in [1.165, 1.54) is 18.6 Å². The standard InChI is InChI=1S/C24H25N7O4/c1-14(2)35-19-8-5-16-11-20(19)34-13-28-22(25)15-3-6-17(7-4-15)29-21(16)24(33)31-30-23(32)18-9-10-26-12-27-18/h3-12,14,21,29H,13H2,1-2H3,(H2,25,28)(H,30,32)(H,31,33). The van der Waals surface area contributed by atoms with Crippen molar-refractivity contribution in [2.75, 3.05) is 12.0 Å². The summed E-state index contributed by atoms with van der Waals surface area (Å²) < 4.78 is 11.7. The number of hydrazine groups is 1. The van der Waals surface area contributed by atoms with E-state index in [1.807, 2.05) is 13.8 Å². The van der Waals surface area contributed by atoms with Crippen LogP contribution < -0.4 is 31.4 Å². The zero-order chi connectivity index (χ0) is 24.8. The van der Waals surface area contributed by atoms with Gasteiger partial charge in [0, 0.05) is 17.4 Å². The van der Waals surface area contributed by atoms with Crippen LogP contribution in [0.3, 0.4) is 0 Å². The third-order valence-electron chi connectivity index (χ3n) is 4.99. The molecule has 0 fully saturated rings. The molecule has 1 atom stereocenters. The van der Waals surface area contributed by atoms with Gasteiger partial charge in [0.25, 0.3) is 11.8 Å². The minimum absolute atomic E-state index is 0.0369. The molecule has 3 aromatic rings. The fraction of sp³-hybridized carbons (Fsp3) is 0.208. The molecule has 35 heavy (non-hydrogen) atoms. The van der Waals surface area contributed by atoms with Gasteiger partial charge in [-0.1, -0.05) is 6.07 Å². The molecule has 2 aliphatic rings. The molecule has 0 radical (unpaired) electrons. The molecule has 1 aromatic heterocycles. The molecule has 5 N–H and O–H groups in total. The van der Waals surface area contributed by atoms with Crippen LogP contribution in [0.1, 0.15) is 41.5 Å². The number of aromatic nitrogens is 2. The van der Waals surface area contributed by atoms with Crippen molar-refractivity contribution < 1.29 is 19.1 Å². The Morgan fingerprint density at radius 1 is 1.14 bits per heavy atom. The van der Waals surface area contributed by atoms with Gasteiger partial charge in [-0.3, -0.25) is 20.4 Å². The normalized spacial score (nSPS) is 16.3. The molecule has 0 saturated heterocycles. The van der Waals surface area contributed by atoms with Gasteiger partial charge in [0.2, 0.25) is 0 Å². The number of carbonyl (C=O) groups excluding carboxylic acids is 2. The number of nitrogens with one attached hydrogen (secondary N) is 3. The van der Waals surface area contributed by atoms with Crippen LogP contribution in [0.5, 0.6) is 11.5 Å². The SMILES string of the molecule is CC(C)Oc1ccc2cc1OC/N=C(/N)c1ccc(cc1)NC2C(=O)NNC(=O)c1ccncn1. The summed E-state index contributed by atoms with van der Waals surface area (Å²) in [6.45, 7) is 3.76. The van der Waals surface area contributed by atoms with Crippen molar-refractivity contribution in [3.05, 3.63) is 77.9 Å². The molecule has 2 amide bonds. The van der Waals surface area contributed by atoms with E-state index in [-0.39, 0.29) is 18.5 Å². The van der Waals surface area contributed by atoms with Crippen molar-refractivity contribution in [2.24, 2.45) is 10.7 Å². The zero-order valence-corrected chi connectivity index (χ0v) is 19.2. The van der Waals surface area contributed by atoms with Crippen molar-refractivity contribution in [3.63, 3.8) is 0 Å². The van der Waals surface area contributed by atoms with Crippen LogP contribution in [-0.2, 0) is 4.79 Å². The van der Waals surface area contributed by atoms with E-state index in [0.29, 0.717) is 34.1 Å². The largest absolute Gasteiger partial charge is 0.487 e. The third kappa shape index (κ3) is 5.82. The van der Waals surface area contributed by atoms with Crippen LogP contribution in [0.2, 0.25) is 0 Å². The molecule has 5 rings (SSSR count). The van der Waals surface area contributed by atoms with Gasteiger partial charge in [0.1, 0.15) is 23.9 Å². The summed E-state index contributed by atoms with van der Waals surface area (Å²) >= 11 is 0. The highest BCUT2D eigenvalue weighted by Gasteiger charge is 2.24. The van der Waals surface area contributed by atoms with Crippen LogP contribution in [0.25, 0.3) is 0 Å². The second-order valence-corrected chi connectivity index (χ2v) is 7.88. The Labute approximate surface area is 201 Å². The number of fused-ring (bicyclic) bond motifs is 5. The number of nitrogens with zero attached hydrogens (tertiary/aromatic N) is 3. The third-order valence-corrected chi connectivity index (χ3v) is 4.99. The number of ether oxygens (including phenoxy) is 2. The lowest BCUT2D eigenvalue weighted by Crippen LogP contribution is -2.45. The van der Waals surface area contributed by atoms with Crippen LogP contribution in [0.4, 0.5) is 5.69 Å². The first-order chi connectivity index (χ1) is 16.9. The van der Waals surface area contributed by atoms with E-state index < -0.39 is 17.9 Å². The Morgan fingerprint density at radius 2 is 1.94 bits per heavy atom. The number of anilines is 1. The lowest BCUT2D eigenvalue weighted by molar-refractivity contribution is -0.122. The fourth-order valence-corrected chi connectivity index (χ4v) is 3.31. The lowest BCUT2D eigenvalue weighted by Gasteiger charge is -2.22. The number of carbonyl (C=O) groups is 2. The molecule has 180 valence electrons.